The van der Waals surface area contributed by atoms with Crippen LogP contribution in [0.5, 0.6) is 17.2 Å². The maximum absolute atomic E-state index is 12.3. The molecule has 150 valence electrons. The van der Waals surface area contributed by atoms with Crippen LogP contribution in [0.25, 0.3) is 11.8 Å². The number of benzene rings is 2. The Hall–Kier alpha value is -3.06. The van der Waals surface area contributed by atoms with Crippen molar-refractivity contribution in [3.8, 4) is 17.2 Å². The minimum atomic E-state index is -0.454. The van der Waals surface area contributed by atoms with Gasteiger partial charge in [0.05, 0.1) is 23.8 Å². The van der Waals surface area contributed by atoms with Crippen molar-refractivity contribution in [2.75, 3.05) is 13.7 Å². The van der Waals surface area contributed by atoms with E-state index >= 15 is 0 Å². The van der Waals surface area contributed by atoms with Gasteiger partial charge in [-0.05, 0) is 77.0 Å². The first kappa shape index (κ1) is 20.7. The van der Waals surface area contributed by atoms with E-state index in [1.165, 1.54) is 6.92 Å². The van der Waals surface area contributed by atoms with Gasteiger partial charge in [-0.1, -0.05) is 0 Å². The van der Waals surface area contributed by atoms with Crippen molar-refractivity contribution in [2.24, 2.45) is 0 Å². The monoisotopic (exact) mass is 458 g/mol. The maximum atomic E-state index is 12.3. The summed E-state index contributed by atoms with van der Waals surface area (Å²) >= 11 is 3.39. The van der Waals surface area contributed by atoms with E-state index in [0.717, 1.165) is 11.3 Å². The van der Waals surface area contributed by atoms with Crippen molar-refractivity contribution in [1.29, 1.82) is 0 Å². The van der Waals surface area contributed by atoms with E-state index in [-0.39, 0.29) is 0 Å². The Balaban J connectivity index is 1.94. The average Bonchev–Trinajstić information content (AvgIpc) is 3.05. The van der Waals surface area contributed by atoms with Gasteiger partial charge in [0.15, 0.2) is 11.5 Å². The van der Waals surface area contributed by atoms with Crippen molar-refractivity contribution in [2.45, 2.75) is 13.8 Å². The van der Waals surface area contributed by atoms with Gasteiger partial charge in [-0.15, -0.1) is 0 Å². The third-order valence-electron chi connectivity index (χ3n) is 4.00. The number of carbonyl (C=O) groups is 2. The number of hydrogen-bond donors (Lipinski definition) is 0. The van der Waals surface area contributed by atoms with Gasteiger partial charge in [-0.25, -0.2) is 4.79 Å². The van der Waals surface area contributed by atoms with E-state index in [4.69, 9.17) is 18.9 Å². The Labute approximate surface area is 176 Å². The summed E-state index contributed by atoms with van der Waals surface area (Å²) in [6.07, 6.45) is 3.36. The van der Waals surface area contributed by atoms with Crippen LogP contribution in [-0.4, -0.2) is 25.7 Å². The van der Waals surface area contributed by atoms with Gasteiger partial charge in [0.2, 0.25) is 0 Å². The quantitative estimate of drug-likeness (QED) is 0.353. The second-order valence-corrected chi connectivity index (χ2v) is 6.94. The largest absolute Gasteiger partial charge is 0.497 e. The second-order valence-electron chi connectivity index (χ2n) is 6.08. The summed E-state index contributed by atoms with van der Waals surface area (Å²) in [5.41, 5.74) is 1.85. The SMILES string of the molecule is CCOc1cc(/C=C2\C=C(c3ccc(OC)cc3)OC2=O)cc(Br)c1OC(C)=O. The standard InChI is InChI=1S/C22H19BrO6/c1-4-27-20-11-14(10-18(23)21(20)28-13(2)24)9-16-12-19(29-22(16)25)15-5-7-17(26-3)8-6-15/h5-12H,4H2,1-3H3/b16-9+. The first-order valence-electron chi connectivity index (χ1n) is 8.86. The fourth-order valence-corrected chi connectivity index (χ4v) is 3.28. The van der Waals surface area contributed by atoms with Crippen LogP contribution in [0, 0.1) is 0 Å². The molecule has 0 saturated heterocycles. The molecule has 0 aliphatic carbocycles. The number of rotatable bonds is 6. The topological polar surface area (TPSA) is 71.1 Å². The number of carbonyl (C=O) groups excluding carboxylic acids is 2. The lowest BCUT2D eigenvalue weighted by molar-refractivity contribution is -0.132. The molecule has 0 aromatic heterocycles. The van der Waals surface area contributed by atoms with Crippen molar-refractivity contribution in [1.82, 2.24) is 0 Å². The van der Waals surface area contributed by atoms with E-state index in [0.29, 0.717) is 39.5 Å². The molecule has 0 radical (unpaired) electrons. The molecule has 0 spiro atoms. The van der Waals surface area contributed by atoms with Crippen LogP contribution < -0.4 is 14.2 Å². The first-order chi connectivity index (χ1) is 13.9. The van der Waals surface area contributed by atoms with Crippen molar-refractivity contribution < 1.29 is 28.5 Å². The fraction of sp³-hybridized carbons (Fsp3) is 0.182. The molecule has 3 rings (SSSR count). The minimum absolute atomic E-state index is 0.296. The second kappa shape index (κ2) is 8.96. The van der Waals surface area contributed by atoms with E-state index in [9.17, 15) is 9.59 Å². The third kappa shape index (κ3) is 4.86. The van der Waals surface area contributed by atoms with Gasteiger partial charge in [-0.2, -0.15) is 0 Å². The Morgan fingerprint density at radius 3 is 2.55 bits per heavy atom. The van der Waals surface area contributed by atoms with Gasteiger partial charge >= 0.3 is 11.9 Å². The Kier molecular flexibility index (Phi) is 6.39. The van der Waals surface area contributed by atoms with Crippen LogP contribution in [0.4, 0.5) is 0 Å². The highest BCUT2D eigenvalue weighted by atomic mass is 79.9. The molecule has 29 heavy (non-hydrogen) atoms. The maximum Gasteiger partial charge on any atom is 0.343 e. The van der Waals surface area contributed by atoms with Gasteiger partial charge in [0.1, 0.15) is 11.5 Å². The molecule has 0 saturated carbocycles. The predicted molar refractivity (Wildman–Crippen MR) is 112 cm³/mol. The van der Waals surface area contributed by atoms with Gasteiger partial charge in [0, 0.05) is 12.5 Å². The zero-order valence-electron chi connectivity index (χ0n) is 16.2. The van der Waals surface area contributed by atoms with Crippen LogP contribution in [0.3, 0.4) is 0 Å². The smallest absolute Gasteiger partial charge is 0.343 e. The van der Waals surface area contributed by atoms with E-state index in [1.807, 2.05) is 19.1 Å². The van der Waals surface area contributed by atoms with Crippen molar-refractivity contribution >= 4 is 39.7 Å². The van der Waals surface area contributed by atoms with Crippen LogP contribution >= 0.6 is 15.9 Å². The summed E-state index contributed by atoms with van der Waals surface area (Å²) in [4.78, 5) is 23.7. The zero-order valence-corrected chi connectivity index (χ0v) is 17.7. The highest BCUT2D eigenvalue weighted by Crippen LogP contribution is 2.38. The lowest BCUT2D eigenvalue weighted by Gasteiger charge is -2.12. The Morgan fingerprint density at radius 2 is 1.93 bits per heavy atom. The summed E-state index contributed by atoms with van der Waals surface area (Å²) in [5.74, 6) is 0.970. The molecule has 0 atom stereocenters. The summed E-state index contributed by atoms with van der Waals surface area (Å²) in [6, 6.07) is 10.7. The number of methoxy groups -OCH3 is 1. The molecule has 0 bridgehead atoms. The summed E-state index contributed by atoms with van der Waals surface area (Å²) < 4.78 is 21.9. The van der Waals surface area contributed by atoms with E-state index in [2.05, 4.69) is 15.9 Å². The number of hydrogen-bond acceptors (Lipinski definition) is 6. The summed E-state index contributed by atoms with van der Waals surface area (Å²) in [7, 11) is 1.59. The Bertz CT molecular complexity index is 1000. The molecule has 0 fully saturated rings. The molecule has 1 aliphatic heterocycles. The molecule has 2 aromatic carbocycles. The number of esters is 2. The van der Waals surface area contributed by atoms with Gasteiger partial charge in [-0.3, -0.25) is 4.79 Å². The number of cyclic esters (lactones) is 1. The minimum Gasteiger partial charge on any atom is -0.497 e. The summed E-state index contributed by atoms with van der Waals surface area (Å²) in [6.45, 7) is 3.54. The third-order valence-corrected chi connectivity index (χ3v) is 4.59. The molecule has 1 aliphatic rings. The van der Waals surface area contributed by atoms with Crippen LogP contribution in [0.2, 0.25) is 0 Å². The lowest BCUT2D eigenvalue weighted by atomic mass is 10.1. The van der Waals surface area contributed by atoms with Crippen LogP contribution in [0.15, 0.2) is 52.5 Å². The fourth-order valence-electron chi connectivity index (χ4n) is 2.74. The highest BCUT2D eigenvalue weighted by Gasteiger charge is 2.23. The van der Waals surface area contributed by atoms with E-state index < -0.39 is 11.9 Å². The van der Waals surface area contributed by atoms with Crippen LogP contribution in [0.1, 0.15) is 25.0 Å². The normalized spacial score (nSPS) is 14.4. The van der Waals surface area contributed by atoms with E-state index in [1.54, 1.807) is 43.5 Å². The lowest BCUT2D eigenvalue weighted by Crippen LogP contribution is -2.05. The van der Waals surface area contributed by atoms with Crippen molar-refractivity contribution in [3.63, 3.8) is 0 Å². The van der Waals surface area contributed by atoms with Gasteiger partial charge < -0.3 is 18.9 Å². The molecule has 2 aromatic rings. The number of ether oxygens (including phenoxy) is 4. The molecular weight excluding hydrogens is 440 g/mol. The molecule has 0 unspecified atom stereocenters. The Morgan fingerprint density at radius 1 is 1.21 bits per heavy atom. The highest BCUT2D eigenvalue weighted by molar-refractivity contribution is 9.10. The first-order valence-corrected chi connectivity index (χ1v) is 9.65. The molecule has 1 heterocycles. The number of halogens is 1. The summed E-state index contributed by atoms with van der Waals surface area (Å²) in [5, 5.41) is 0. The van der Waals surface area contributed by atoms with Gasteiger partial charge in [0.25, 0.3) is 0 Å². The van der Waals surface area contributed by atoms with Crippen LogP contribution in [-0.2, 0) is 14.3 Å². The average molecular weight is 459 g/mol. The zero-order chi connectivity index (χ0) is 21.0. The molecule has 0 amide bonds. The molecular formula is C22H19BrO6. The van der Waals surface area contributed by atoms with Crippen molar-refractivity contribution in [3.05, 3.63) is 63.6 Å². The molecule has 7 heteroatoms. The predicted octanol–water partition coefficient (Wildman–Crippen LogP) is 4.76. The molecule has 6 nitrogen and oxygen atoms in total. The molecule has 0 N–H and O–H groups in total.